The summed E-state index contributed by atoms with van der Waals surface area (Å²) in [4.78, 5) is 0. The van der Waals surface area contributed by atoms with Crippen LogP contribution in [-0.4, -0.2) is 19.3 Å². The molecule has 0 spiro atoms. The Morgan fingerprint density at radius 3 is 2.57 bits per heavy atom. The van der Waals surface area contributed by atoms with Crippen LogP contribution in [0.2, 0.25) is 0 Å². The van der Waals surface area contributed by atoms with Gasteiger partial charge in [0.2, 0.25) is 0 Å². The summed E-state index contributed by atoms with van der Waals surface area (Å²) in [6.45, 7) is 4.15. The van der Waals surface area contributed by atoms with E-state index < -0.39 is 0 Å². The van der Waals surface area contributed by atoms with Gasteiger partial charge in [-0.05, 0) is 30.6 Å². The maximum absolute atomic E-state index is 6.17. The minimum Gasteiger partial charge on any atom is -0.380 e. The molecular weight excluding hydrogens is 174 g/mol. The van der Waals surface area contributed by atoms with E-state index >= 15 is 0 Å². The lowest BCUT2D eigenvalue weighted by atomic mass is 9.63. The monoisotopic (exact) mass is 197 g/mol. The molecule has 82 valence electrons. The van der Waals surface area contributed by atoms with Crippen LogP contribution in [0, 0.1) is 11.3 Å². The van der Waals surface area contributed by atoms with Crippen LogP contribution in [0.5, 0.6) is 0 Å². The molecule has 2 atom stereocenters. The van der Waals surface area contributed by atoms with E-state index in [9.17, 15) is 0 Å². The van der Waals surface area contributed by atoms with Gasteiger partial charge in [-0.1, -0.05) is 26.2 Å². The summed E-state index contributed by atoms with van der Waals surface area (Å²) >= 11 is 0. The molecule has 1 saturated carbocycles. The normalized spacial score (nSPS) is 38.1. The summed E-state index contributed by atoms with van der Waals surface area (Å²) < 4.78 is 5.42. The summed E-state index contributed by atoms with van der Waals surface area (Å²) in [6.07, 6.45) is 8.17. The minimum absolute atomic E-state index is 0.284. The highest BCUT2D eigenvalue weighted by Gasteiger charge is 2.39. The molecule has 2 nitrogen and oxygen atoms in total. The molecule has 1 saturated heterocycles. The van der Waals surface area contributed by atoms with Gasteiger partial charge in [0.1, 0.15) is 0 Å². The van der Waals surface area contributed by atoms with Crippen molar-refractivity contribution < 1.29 is 4.74 Å². The summed E-state index contributed by atoms with van der Waals surface area (Å²) in [5.74, 6) is 0.705. The van der Waals surface area contributed by atoms with E-state index in [1.807, 2.05) is 0 Å². The van der Waals surface area contributed by atoms with E-state index in [1.165, 1.54) is 38.5 Å². The van der Waals surface area contributed by atoms with Gasteiger partial charge in [0.05, 0.1) is 6.61 Å². The third-order valence-corrected chi connectivity index (χ3v) is 4.29. The molecule has 14 heavy (non-hydrogen) atoms. The van der Waals surface area contributed by atoms with Crippen molar-refractivity contribution in [1.29, 1.82) is 0 Å². The van der Waals surface area contributed by atoms with E-state index in [4.69, 9.17) is 10.5 Å². The van der Waals surface area contributed by atoms with Crippen molar-refractivity contribution in [2.75, 3.05) is 13.2 Å². The molecule has 0 aromatic carbocycles. The molecule has 2 heteroatoms. The summed E-state index contributed by atoms with van der Waals surface area (Å²) in [5.41, 5.74) is 6.69. The Bertz CT molecular complexity index is 187. The molecule has 0 amide bonds. The molecule has 0 bridgehead atoms. The Kier molecular flexibility index (Phi) is 3.13. The van der Waals surface area contributed by atoms with E-state index in [0.29, 0.717) is 11.3 Å². The first-order valence-electron chi connectivity index (χ1n) is 6.06. The third-order valence-electron chi connectivity index (χ3n) is 4.29. The van der Waals surface area contributed by atoms with Crippen molar-refractivity contribution in [3.05, 3.63) is 0 Å². The summed E-state index contributed by atoms with van der Waals surface area (Å²) in [5, 5.41) is 0. The van der Waals surface area contributed by atoms with Gasteiger partial charge in [-0.3, -0.25) is 0 Å². The number of ether oxygens (including phenoxy) is 1. The largest absolute Gasteiger partial charge is 0.380 e. The molecule has 2 aliphatic rings. The lowest BCUT2D eigenvalue weighted by Crippen LogP contribution is -2.48. The van der Waals surface area contributed by atoms with Crippen LogP contribution < -0.4 is 5.73 Å². The quantitative estimate of drug-likeness (QED) is 0.700. The average Bonchev–Trinajstić information content (AvgIpc) is 2.19. The molecule has 2 fully saturated rings. The highest BCUT2D eigenvalue weighted by Crippen LogP contribution is 2.45. The van der Waals surface area contributed by atoms with Gasteiger partial charge in [-0.2, -0.15) is 0 Å². The molecule has 0 aromatic heterocycles. The predicted octanol–water partition coefficient (Wildman–Crippen LogP) is 2.32. The minimum atomic E-state index is 0.284. The van der Waals surface area contributed by atoms with Gasteiger partial charge < -0.3 is 10.5 Å². The van der Waals surface area contributed by atoms with E-state index in [-0.39, 0.29) is 6.04 Å². The SMILES string of the molecule is CC1(C2CCOCC2N)CCCCC1. The number of hydrogen-bond donors (Lipinski definition) is 1. The van der Waals surface area contributed by atoms with Crippen molar-refractivity contribution in [3.8, 4) is 0 Å². The average molecular weight is 197 g/mol. The molecule has 1 aliphatic carbocycles. The first-order chi connectivity index (χ1) is 6.72. The Morgan fingerprint density at radius 1 is 1.21 bits per heavy atom. The predicted molar refractivity (Wildman–Crippen MR) is 58.1 cm³/mol. The van der Waals surface area contributed by atoms with Crippen molar-refractivity contribution in [1.82, 2.24) is 0 Å². The number of rotatable bonds is 1. The molecule has 0 radical (unpaired) electrons. The maximum Gasteiger partial charge on any atom is 0.0620 e. The number of hydrogen-bond acceptors (Lipinski definition) is 2. The zero-order valence-electron chi connectivity index (χ0n) is 9.30. The standard InChI is InChI=1S/C12H23NO/c1-12(6-3-2-4-7-12)10-5-8-14-9-11(10)13/h10-11H,2-9,13H2,1H3. The Morgan fingerprint density at radius 2 is 1.93 bits per heavy atom. The maximum atomic E-state index is 6.17. The lowest BCUT2D eigenvalue weighted by Gasteiger charge is -2.45. The van der Waals surface area contributed by atoms with Crippen molar-refractivity contribution in [2.45, 2.75) is 51.5 Å². The van der Waals surface area contributed by atoms with Crippen molar-refractivity contribution >= 4 is 0 Å². The summed E-state index contributed by atoms with van der Waals surface area (Å²) in [6, 6.07) is 0.284. The Labute approximate surface area is 87.2 Å². The van der Waals surface area contributed by atoms with Gasteiger partial charge in [0.15, 0.2) is 0 Å². The van der Waals surface area contributed by atoms with Gasteiger partial charge in [0.25, 0.3) is 0 Å². The van der Waals surface area contributed by atoms with Gasteiger partial charge in [-0.25, -0.2) is 0 Å². The zero-order chi connectivity index (χ0) is 10.0. The van der Waals surface area contributed by atoms with Crippen LogP contribution in [0.1, 0.15) is 45.4 Å². The zero-order valence-corrected chi connectivity index (χ0v) is 9.30. The molecule has 0 aromatic rings. The van der Waals surface area contributed by atoms with Crippen LogP contribution in [0.4, 0.5) is 0 Å². The molecule has 1 aliphatic heterocycles. The second kappa shape index (κ2) is 4.19. The fourth-order valence-electron chi connectivity index (χ4n) is 3.36. The highest BCUT2D eigenvalue weighted by molar-refractivity contribution is 4.92. The molecule has 2 unspecified atom stereocenters. The van der Waals surface area contributed by atoms with Crippen molar-refractivity contribution in [2.24, 2.45) is 17.1 Å². The van der Waals surface area contributed by atoms with Gasteiger partial charge in [-0.15, -0.1) is 0 Å². The Balaban J connectivity index is 2.02. The third kappa shape index (κ3) is 1.96. The van der Waals surface area contributed by atoms with Crippen LogP contribution in [0.3, 0.4) is 0 Å². The van der Waals surface area contributed by atoms with E-state index in [0.717, 1.165) is 13.2 Å². The van der Waals surface area contributed by atoms with Crippen LogP contribution >= 0.6 is 0 Å². The fraction of sp³-hybridized carbons (Fsp3) is 1.00. The number of nitrogens with two attached hydrogens (primary N) is 1. The van der Waals surface area contributed by atoms with E-state index in [2.05, 4.69) is 6.92 Å². The van der Waals surface area contributed by atoms with Crippen molar-refractivity contribution in [3.63, 3.8) is 0 Å². The molecule has 1 heterocycles. The topological polar surface area (TPSA) is 35.2 Å². The second-order valence-electron chi connectivity index (χ2n) is 5.35. The van der Waals surface area contributed by atoms with Crippen LogP contribution in [-0.2, 0) is 4.74 Å². The van der Waals surface area contributed by atoms with Crippen LogP contribution in [0.25, 0.3) is 0 Å². The summed E-state index contributed by atoms with van der Waals surface area (Å²) in [7, 11) is 0. The Hall–Kier alpha value is -0.0800. The van der Waals surface area contributed by atoms with Gasteiger partial charge in [0, 0.05) is 12.6 Å². The van der Waals surface area contributed by atoms with Gasteiger partial charge >= 0.3 is 0 Å². The van der Waals surface area contributed by atoms with Crippen LogP contribution in [0.15, 0.2) is 0 Å². The molecular formula is C12H23NO. The first-order valence-corrected chi connectivity index (χ1v) is 6.06. The smallest absolute Gasteiger partial charge is 0.0620 e. The highest BCUT2D eigenvalue weighted by atomic mass is 16.5. The fourth-order valence-corrected chi connectivity index (χ4v) is 3.36. The molecule has 2 N–H and O–H groups in total. The molecule has 2 rings (SSSR count). The van der Waals surface area contributed by atoms with E-state index in [1.54, 1.807) is 0 Å². The lowest BCUT2D eigenvalue weighted by molar-refractivity contribution is -0.0153. The first kappa shape index (κ1) is 10.4. The second-order valence-corrected chi connectivity index (χ2v) is 5.35.